The summed E-state index contributed by atoms with van der Waals surface area (Å²) in [5, 5.41) is 2.17. The van der Waals surface area contributed by atoms with Crippen LogP contribution in [0.25, 0.3) is 10.2 Å². The molecule has 6 heteroatoms. The van der Waals surface area contributed by atoms with Crippen LogP contribution in [0.15, 0.2) is 35.5 Å². The Morgan fingerprint density at radius 3 is 2.71 bits per heavy atom. The molecule has 0 aliphatic carbocycles. The number of anilines is 1. The van der Waals surface area contributed by atoms with Crippen molar-refractivity contribution >= 4 is 39.1 Å². The van der Waals surface area contributed by atoms with E-state index in [1.807, 2.05) is 0 Å². The third kappa shape index (κ3) is 3.53. The zero-order valence-corrected chi connectivity index (χ0v) is 18.0. The number of fused-ring (bicyclic) bond motifs is 3. The summed E-state index contributed by atoms with van der Waals surface area (Å²) in [6.07, 6.45) is 3.43. The Kier molecular flexibility index (Phi) is 4.81. The predicted molar refractivity (Wildman–Crippen MR) is 117 cm³/mol. The number of benzene rings is 1. The lowest BCUT2D eigenvalue weighted by molar-refractivity contribution is -0.0379. The number of hydrogen-bond donors (Lipinski definition) is 0. The minimum Gasteiger partial charge on any atom is -0.370 e. The van der Waals surface area contributed by atoms with Crippen LogP contribution in [0, 0.1) is 0 Å². The Morgan fingerprint density at radius 1 is 1.14 bits per heavy atom. The molecule has 5 rings (SSSR count). The summed E-state index contributed by atoms with van der Waals surface area (Å²) in [7, 11) is 0. The number of thioether (sulfide) groups is 1. The number of hydrogen-bond acceptors (Lipinski definition) is 6. The predicted octanol–water partition coefficient (Wildman–Crippen LogP) is 5.44. The van der Waals surface area contributed by atoms with E-state index < -0.39 is 0 Å². The van der Waals surface area contributed by atoms with E-state index in [0.717, 1.165) is 41.1 Å². The minimum absolute atomic E-state index is 0.121. The maximum atomic E-state index is 6.07. The van der Waals surface area contributed by atoms with Crippen LogP contribution < -0.4 is 4.90 Å². The normalized spacial score (nSPS) is 18.6. The largest absolute Gasteiger partial charge is 0.370 e. The highest BCUT2D eigenvalue weighted by Crippen LogP contribution is 2.43. The molecule has 0 bridgehead atoms. The molecule has 4 heterocycles. The van der Waals surface area contributed by atoms with E-state index in [1.54, 1.807) is 23.1 Å². The summed E-state index contributed by atoms with van der Waals surface area (Å²) in [6.45, 7) is 7.24. The maximum absolute atomic E-state index is 6.07. The van der Waals surface area contributed by atoms with Crippen LogP contribution in [-0.2, 0) is 23.5 Å². The molecular formula is C22H25N3OS2. The van der Waals surface area contributed by atoms with E-state index in [4.69, 9.17) is 14.7 Å². The van der Waals surface area contributed by atoms with Crippen LogP contribution in [0.1, 0.15) is 42.7 Å². The van der Waals surface area contributed by atoms with Gasteiger partial charge in [-0.15, -0.1) is 11.3 Å². The van der Waals surface area contributed by atoms with Crippen LogP contribution in [-0.4, -0.2) is 28.7 Å². The molecule has 1 aromatic carbocycles. The van der Waals surface area contributed by atoms with Crippen LogP contribution in [0.3, 0.4) is 0 Å². The molecule has 146 valence electrons. The first-order chi connectivity index (χ1) is 13.6. The molecule has 0 amide bonds. The molecule has 2 aliphatic heterocycles. The molecule has 2 aliphatic rings. The van der Waals surface area contributed by atoms with Gasteiger partial charge in [-0.1, -0.05) is 42.1 Å². The number of rotatable bonds is 4. The van der Waals surface area contributed by atoms with Crippen molar-refractivity contribution in [1.82, 2.24) is 9.97 Å². The highest BCUT2D eigenvalue weighted by Gasteiger charge is 2.32. The van der Waals surface area contributed by atoms with Gasteiger partial charge in [0.1, 0.15) is 10.6 Å². The fourth-order valence-electron chi connectivity index (χ4n) is 4.05. The van der Waals surface area contributed by atoms with Gasteiger partial charge >= 0.3 is 0 Å². The van der Waals surface area contributed by atoms with Crippen molar-refractivity contribution in [2.24, 2.45) is 0 Å². The average Bonchev–Trinajstić information content (AvgIpc) is 3.34. The van der Waals surface area contributed by atoms with Crippen LogP contribution in [0.2, 0.25) is 0 Å². The lowest BCUT2D eigenvalue weighted by Crippen LogP contribution is -2.31. The minimum atomic E-state index is -0.121. The van der Waals surface area contributed by atoms with E-state index in [-0.39, 0.29) is 5.60 Å². The van der Waals surface area contributed by atoms with Crippen molar-refractivity contribution < 1.29 is 4.74 Å². The van der Waals surface area contributed by atoms with Gasteiger partial charge in [-0.25, -0.2) is 9.97 Å². The molecule has 0 radical (unpaired) electrons. The summed E-state index contributed by atoms with van der Waals surface area (Å²) in [5.74, 6) is 2.04. The van der Waals surface area contributed by atoms with Crippen molar-refractivity contribution in [1.29, 1.82) is 0 Å². The maximum Gasteiger partial charge on any atom is 0.191 e. The Morgan fingerprint density at radius 2 is 1.93 bits per heavy atom. The standard InChI is InChI=1S/C22H25N3OS2/c1-22(2)12-16-17(13-26-22)28-20-18(16)19(25-10-6-7-11-25)23-21(24-20)27-14-15-8-4-3-5-9-15/h3-5,8-9H,6-7,10-14H2,1-2H3. The van der Waals surface area contributed by atoms with Gasteiger partial charge in [0.25, 0.3) is 0 Å². The smallest absolute Gasteiger partial charge is 0.191 e. The van der Waals surface area contributed by atoms with E-state index in [1.165, 1.54) is 34.2 Å². The Balaban J connectivity index is 1.56. The van der Waals surface area contributed by atoms with E-state index in [9.17, 15) is 0 Å². The molecule has 1 fully saturated rings. The molecule has 0 spiro atoms. The van der Waals surface area contributed by atoms with Crippen molar-refractivity contribution in [3.05, 3.63) is 46.3 Å². The van der Waals surface area contributed by atoms with Gasteiger partial charge in [-0.2, -0.15) is 0 Å². The van der Waals surface area contributed by atoms with E-state index in [2.05, 4.69) is 49.1 Å². The van der Waals surface area contributed by atoms with E-state index >= 15 is 0 Å². The van der Waals surface area contributed by atoms with Gasteiger partial charge in [0.05, 0.1) is 17.6 Å². The van der Waals surface area contributed by atoms with Crippen LogP contribution >= 0.6 is 23.1 Å². The number of aromatic nitrogens is 2. The molecule has 0 unspecified atom stereocenters. The molecule has 28 heavy (non-hydrogen) atoms. The molecule has 4 nitrogen and oxygen atoms in total. The number of ether oxygens (including phenoxy) is 1. The summed E-state index contributed by atoms with van der Waals surface area (Å²) in [4.78, 5) is 14.9. The first kappa shape index (κ1) is 18.4. The fourth-order valence-corrected chi connectivity index (χ4v) is 6.00. The van der Waals surface area contributed by atoms with Crippen LogP contribution in [0.5, 0.6) is 0 Å². The third-order valence-corrected chi connectivity index (χ3v) is 7.53. The Bertz CT molecular complexity index is 994. The summed E-state index contributed by atoms with van der Waals surface area (Å²) in [5.41, 5.74) is 2.60. The van der Waals surface area contributed by atoms with Crippen molar-refractivity contribution in [3.63, 3.8) is 0 Å². The summed E-state index contributed by atoms with van der Waals surface area (Å²) in [6, 6.07) is 10.6. The van der Waals surface area contributed by atoms with E-state index in [0.29, 0.717) is 6.61 Å². The highest BCUT2D eigenvalue weighted by molar-refractivity contribution is 7.98. The zero-order valence-electron chi connectivity index (χ0n) is 16.4. The molecule has 0 atom stereocenters. The van der Waals surface area contributed by atoms with Crippen molar-refractivity contribution in [3.8, 4) is 0 Å². The average molecular weight is 412 g/mol. The second kappa shape index (κ2) is 7.32. The lowest BCUT2D eigenvalue weighted by atomic mass is 9.94. The Labute approximate surface area is 174 Å². The number of nitrogens with zero attached hydrogens (tertiary/aromatic N) is 3. The first-order valence-corrected chi connectivity index (χ1v) is 11.8. The van der Waals surface area contributed by atoms with Crippen molar-refractivity contribution in [2.45, 2.75) is 56.2 Å². The van der Waals surface area contributed by atoms with Gasteiger partial charge in [-0.05, 0) is 37.8 Å². The second-order valence-electron chi connectivity index (χ2n) is 8.21. The fraction of sp³-hybridized carbons (Fsp3) is 0.455. The van der Waals surface area contributed by atoms with Gasteiger partial charge in [0.15, 0.2) is 5.16 Å². The van der Waals surface area contributed by atoms with Crippen LogP contribution in [0.4, 0.5) is 5.82 Å². The number of thiophene rings is 1. The molecule has 0 N–H and O–H groups in total. The quantitative estimate of drug-likeness (QED) is 0.422. The first-order valence-electron chi connectivity index (χ1n) is 9.97. The van der Waals surface area contributed by atoms with Gasteiger partial charge in [-0.3, -0.25) is 0 Å². The lowest BCUT2D eigenvalue weighted by Gasteiger charge is -2.30. The van der Waals surface area contributed by atoms with Gasteiger partial charge in [0.2, 0.25) is 0 Å². The highest BCUT2D eigenvalue weighted by atomic mass is 32.2. The molecule has 2 aromatic heterocycles. The molecular weight excluding hydrogens is 386 g/mol. The summed E-state index contributed by atoms with van der Waals surface area (Å²) >= 11 is 3.53. The molecule has 3 aromatic rings. The zero-order chi connectivity index (χ0) is 19.1. The Hall–Kier alpha value is -1.63. The van der Waals surface area contributed by atoms with Gasteiger partial charge in [0, 0.05) is 30.1 Å². The molecule has 0 saturated carbocycles. The monoisotopic (exact) mass is 411 g/mol. The SMILES string of the molecule is CC1(C)Cc2c(sc3nc(SCc4ccccc4)nc(N4CCCC4)c23)CO1. The van der Waals surface area contributed by atoms with Crippen molar-refractivity contribution in [2.75, 3.05) is 18.0 Å². The third-order valence-electron chi connectivity index (χ3n) is 5.51. The van der Waals surface area contributed by atoms with Gasteiger partial charge < -0.3 is 9.64 Å². The summed E-state index contributed by atoms with van der Waals surface area (Å²) < 4.78 is 6.07. The molecule has 1 saturated heterocycles. The topological polar surface area (TPSA) is 38.2 Å². The second-order valence-corrected chi connectivity index (χ2v) is 10.2.